The molecule has 1 heterocycles. The van der Waals surface area contributed by atoms with Crippen LogP contribution in [0.2, 0.25) is 0 Å². The van der Waals surface area contributed by atoms with E-state index in [4.69, 9.17) is 0 Å². The van der Waals surface area contributed by atoms with Crippen LogP contribution in [0.25, 0.3) is 0 Å². The fourth-order valence-electron chi connectivity index (χ4n) is 6.24. The smallest absolute Gasteiger partial charge is 0.222 e. The molecular weight excluding hydrogens is 366 g/mol. The van der Waals surface area contributed by atoms with Crippen LogP contribution in [0, 0.1) is 23.2 Å². The van der Waals surface area contributed by atoms with Gasteiger partial charge in [-0.25, -0.2) is 0 Å². The molecule has 1 unspecified atom stereocenters. The van der Waals surface area contributed by atoms with Crippen molar-refractivity contribution in [1.82, 2.24) is 15.1 Å². The number of carbonyl (C=O) groups excluding carboxylic acids is 1. The Morgan fingerprint density at radius 2 is 1.96 bits per heavy atom. The largest absolute Gasteiger partial charge is 0.353 e. The molecule has 0 aliphatic heterocycles. The number of rotatable bonds is 6. The summed E-state index contributed by atoms with van der Waals surface area (Å²) in [6.45, 7) is 2.89. The molecule has 1 atom stereocenters. The molecule has 4 nitrogen and oxygen atoms in total. The number of aromatic nitrogens is 2. The fraction of sp³-hybridized carbons (Fsp3) is 0.789. The van der Waals surface area contributed by atoms with Gasteiger partial charge in [-0.3, -0.25) is 9.48 Å². The zero-order chi connectivity index (χ0) is 16.7. The van der Waals surface area contributed by atoms with Gasteiger partial charge in [-0.1, -0.05) is 6.92 Å². The summed E-state index contributed by atoms with van der Waals surface area (Å²) in [5.74, 6) is 2.99. The van der Waals surface area contributed by atoms with Crippen LogP contribution in [0.1, 0.15) is 58.3 Å². The second-order valence-electron chi connectivity index (χ2n) is 8.48. The van der Waals surface area contributed by atoms with E-state index in [0.717, 1.165) is 28.6 Å². The molecule has 1 N–H and O–H groups in total. The second-order valence-corrected chi connectivity index (χ2v) is 9.40. The Labute approximate surface area is 152 Å². The average Bonchev–Trinajstić information content (AvgIpc) is 2.94. The molecule has 4 bridgehead atoms. The van der Waals surface area contributed by atoms with Gasteiger partial charge in [-0.15, -0.1) is 0 Å². The number of nitrogens with one attached hydrogen (secondary N) is 1. The van der Waals surface area contributed by atoms with Gasteiger partial charge < -0.3 is 5.32 Å². The quantitative estimate of drug-likeness (QED) is 0.788. The number of halogens is 1. The molecule has 0 radical (unpaired) electrons. The Kier molecular flexibility index (Phi) is 4.48. The zero-order valence-corrected chi connectivity index (χ0v) is 16.1. The first-order valence-corrected chi connectivity index (χ1v) is 10.3. The number of hydrogen-bond acceptors (Lipinski definition) is 2. The molecule has 4 saturated carbocycles. The molecule has 0 saturated heterocycles. The van der Waals surface area contributed by atoms with E-state index in [-0.39, 0.29) is 5.91 Å². The Morgan fingerprint density at radius 1 is 1.33 bits per heavy atom. The minimum absolute atomic E-state index is 0.184. The first-order chi connectivity index (χ1) is 11.6. The first-order valence-electron chi connectivity index (χ1n) is 9.53. The van der Waals surface area contributed by atoms with Crippen molar-refractivity contribution in [3.63, 3.8) is 0 Å². The lowest BCUT2D eigenvalue weighted by Gasteiger charge is -2.59. The molecule has 5 heteroatoms. The van der Waals surface area contributed by atoms with E-state index in [1.165, 1.54) is 38.5 Å². The SMILES string of the molecule is CCC(NC(=O)CCn1cc(Br)cn1)C12CC3CC(CC(C3)C1)C2. The van der Waals surface area contributed by atoms with E-state index in [0.29, 0.717) is 24.4 Å². The predicted octanol–water partition coefficient (Wildman–Crippen LogP) is 4.15. The van der Waals surface area contributed by atoms with Crippen molar-refractivity contribution in [3.05, 3.63) is 16.9 Å². The molecule has 1 aromatic heterocycles. The number of carbonyl (C=O) groups is 1. The molecule has 5 rings (SSSR count). The molecule has 4 fully saturated rings. The molecule has 4 aliphatic rings. The highest BCUT2D eigenvalue weighted by atomic mass is 79.9. The molecule has 24 heavy (non-hydrogen) atoms. The molecule has 1 aromatic rings. The van der Waals surface area contributed by atoms with Gasteiger partial charge >= 0.3 is 0 Å². The van der Waals surface area contributed by atoms with Crippen LogP contribution in [0.5, 0.6) is 0 Å². The molecule has 0 spiro atoms. The maximum absolute atomic E-state index is 12.5. The summed E-state index contributed by atoms with van der Waals surface area (Å²) in [5, 5.41) is 7.64. The third-order valence-corrected chi connectivity index (χ3v) is 7.15. The summed E-state index contributed by atoms with van der Waals surface area (Å²) >= 11 is 3.40. The van der Waals surface area contributed by atoms with Crippen LogP contribution in [-0.4, -0.2) is 21.7 Å². The van der Waals surface area contributed by atoms with Crippen LogP contribution in [0.15, 0.2) is 16.9 Å². The van der Waals surface area contributed by atoms with Gasteiger partial charge in [-0.2, -0.15) is 5.10 Å². The van der Waals surface area contributed by atoms with E-state index < -0.39 is 0 Å². The van der Waals surface area contributed by atoms with Crippen LogP contribution < -0.4 is 5.32 Å². The minimum Gasteiger partial charge on any atom is -0.353 e. The van der Waals surface area contributed by atoms with Crippen LogP contribution in [0.4, 0.5) is 0 Å². The van der Waals surface area contributed by atoms with E-state index in [2.05, 4.69) is 33.3 Å². The lowest BCUT2D eigenvalue weighted by Crippen LogP contribution is -2.56. The standard InChI is InChI=1S/C19H28BrN3O/c1-2-17(22-18(24)3-4-23-12-16(20)11-21-23)19-8-13-5-14(9-19)7-15(6-13)10-19/h11-15,17H,2-10H2,1H3,(H,22,24). The van der Waals surface area contributed by atoms with Crippen molar-refractivity contribution >= 4 is 21.8 Å². The third-order valence-electron chi connectivity index (χ3n) is 6.74. The van der Waals surface area contributed by atoms with Crippen LogP contribution >= 0.6 is 15.9 Å². The second kappa shape index (κ2) is 6.47. The highest BCUT2D eigenvalue weighted by Gasteiger charge is 2.53. The van der Waals surface area contributed by atoms with E-state index in [1.54, 1.807) is 6.20 Å². The Balaban J connectivity index is 1.38. The normalized spacial score (nSPS) is 35.2. The van der Waals surface area contributed by atoms with Crippen molar-refractivity contribution in [1.29, 1.82) is 0 Å². The average molecular weight is 394 g/mol. The van der Waals surface area contributed by atoms with Gasteiger partial charge in [0, 0.05) is 25.2 Å². The van der Waals surface area contributed by atoms with E-state index in [9.17, 15) is 4.79 Å². The summed E-state index contributed by atoms with van der Waals surface area (Å²) in [5.41, 5.74) is 0.397. The van der Waals surface area contributed by atoms with Gasteiger partial charge in [0.2, 0.25) is 5.91 Å². The van der Waals surface area contributed by atoms with Crippen LogP contribution in [0.3, 0.4) is 0 Å². The number of aryl methyl sites for hydroxylation is 1. The van der Waals surface area contributed by atoms with Gasteiger partial charge in [0.1, 0.15) is 0 Å². The lowest BCUT2D eigenvalue weighted by molar-refractivity contribution is -0.126. The summed E-state index contributed by atoms with van der Waals surface area (Å²) in [4.78, 5) is 12.5. The van der Waals surface area contributed by atoms with Crippen molar-refractivity contribution < 1.29 is 4.79 Å². The first kappa shape index (κ1) is 16.6. The van der Waals surface area contributed by atoms with Crippen molar-refractivity contribution in [2.24, 2.45) is 23.2 Å². The molecule has 1 amide bonds. The Hall–Kier alpha value is -0.840. The topological polar surface area (TPSA) is 46.9 Å². The Bertz CT molecular complexity index is 576. The van der Waals surface area contributed by atoms with E-state index in [1.807, 2.05) is 10.9 Å². The van der Waals surface area contributed by atoms with Gasteiger partial charge in [0.05, 0.1) is 10.7 Å². The maximum Gasteiger partial charge on any atom is 0.222 e. The minimum atomic E-state index is 0.184. The summed E-state index contributed by atoms with van der Waals surface area (Å²) in [7, 11) is 0. The molecule has 4 aliphatic carbocycles. The zero-order valence-electron chi connectivity index (χ0n) is 14.5. The molecule has 0 aromatic carbocycles. The lowest BCUT2D eigenvalue weighted by atomic mass is 9.47. The number of hydrogen-bond donors (Lipinski definition) is 1. The Morgan fingerprint density at radius 3 is 2.46 bits per heavy atom. The molecular formula is C19H28BrN3O. The fourth-order valence-corrected chi connectivity index (χ4v) is 6.56. The van der Waals surface area contributed by atoms with E-state index >= 15 is 0 Å². The van der Waals surface area contributed by atoms with Gasteiger partial charge in [-0.05, 0) is 84.0 Å². The van der Waals surface area contributed by atoms with Gasteiger partial charge in [0.15, 0.2) is 0 Å². The monoisotopic (exact) mass is 393 g/mol. The van der Waals surface area contributed by atoms with Crippen molar-refractivity contribution in [2.75, 3.05) is 0 Å². The third kappa shape index (κ3) is 3.16. The van der Waals surface area contributed by atoms with Crippen molar-refractivity contribution in [3.8, 4) is 0 Å². The van der Waals surface area contributed by atoms with Gasteiger partial charge in [0.25, 0.3) is 0 Å². The number of nitrogens with zero attached hydrogens (tertiary/aromatic N) is 2. The summed E-state index contributed by atoms with van der Waals surface area (Å²) in [6.07, 6.45) is 13.7. The summed E-state index contributed by atoms with van der Waals surface area (Å²) in [6, 6.07) is 0.364. The number of amides is 1. The molecule has 132 valence electrons. The van der Waals surface area contributed by atoms with Crippen molar-refractivity contribution in [2.45, 2.75) is 70.9 Å². The maximum atomic E-state index is 12.5. The highest BCUT2D eigenvalue weighted by molar-refractivity contribution is 9.10. The predicted molar refractivity (Wildman–Crippen MR) is 97.4 cm³/mol. The summed E-state index contributed by atoms with van der Waals surface area (Å²) < 4.78 is 2.79. The van der Waals surface area contributed by atoms with Crippen LogP contribution in [-0.2, 0) is 11.3 Å². The highest BCUT2D eigenvalue weighted by Crippen LogP contribution is 2.61.